The van der Waals surface area contributed by atoms with E-state index in [1.165, 1.54) is 11.1 Å². The zero-order valence-electron chi connectivity index (χ0n) is 10.7. The minimum Gasteiger partial charge on any atom is -0.454 e. The Balaban J connectivity index is 1.65. The number of morpholine rings is 1. The van der Waals surface area contributed by atoms with Crippen molar-refractivity contribution in [3.05, 3.63) is 23.3 Å². The second kappa shape index (κ2) is 5.16. The van der Waals surface area contributed by atoms with Crippen LogP contribution in [0.2, 0.25) is 0 Å². The zero-order chi connectivity index (χ0) is 12.4. The van der Waals surface area contributed by atoms with Crippen LogP contribution in [0.1, 0.15) is 17.5 Å². The molecule has 2 aliphatic heterocycles. The largest absolute Gasteiger partial charge is 0.454 e. The molecule has 1 unspecified atom stereocenters. The van der Waals surface area contributed by atoms with Gasteiger partial charge in [0.25, 0.3) is 0 Å². The maximum atomic E-state index is 5.47. The van der Waals surface area contributed by atoms with E-state index >= 15 is 0 Å². The van der Waals surface area contributed by atoms with Gasteiger partial charge in [-0.05, 0) is 43.0 Å². The fourth-order valence-electron chi connectivity index (χ4n) is 2.49. The third-order valence-corrected chi connectivity index (χ3v) is 3.59. The van der Waals surface area contributed by atoms with Gasteiger partial charge in [0, 0.05) is 12.6 Å². The van der Waals surface area contributed by atoms with Gasteiger partial charge in [0.2, 0.25) is 6.79 Å². The normalized spacial score (nSPS) is 22.2. The van der Waals surface area contributed by atoms with Crippen LogP contribution < -0.4 is 14.8 Å². The number of hydrogen-bond donors (Lipinski definition) is 1. The van der Waals surface area contributed by atoms with Crippen LogP contribution in [0.5, 0.6) is 11.5 Å². The van der Waals surface area contributed by atoms with Gasteiger partial charge in [0.15, 0.2) is 11.5 Å². The number of ether oxygens (including phenoxy) is 3. The molecule has 0 amide bonds. The summed E-state index contributed by atoms with van der Waals surface area (Å²) in [6.07, 6.45) is 2.14. The number of fused-ring (bicyclic) bond motifs is 1. The molecular formula is C14H19NO3. The predicted molar refractivity (Wildman–Crippen MR) is 68.2 cm³/mol. The summed E-state index contributed by atoms with van der Waals surface area (Å²) in [6.45, 7) is 5.09. The van der Waals surface area contributed by atoms with E-state index in [-0.39, 0.29) is 0 Å². The van der Waals surface area contributed by atoms with Gasteiger partial charge in [-0.15, -0.1) is 0 Å². The smallest absolute Gasteiger partial charge is 0.231 e. The first kappa shape index (κ1) is 11.8. The summed E-state index contributed by atoms with van der Waals surface area (Å²) < 4.78 is 16.3. The Bertz CT molecular complexity index is 427. The summed E-state index contributed by atoms with van der Waals surface area (Å²) in [5, 5.41) is 3.48. The summed E-state index contributed by atoms with van der Waals surface area (Å²) in [6, 6.07) is 4.66. The van der Waals surface area contributed by atoms with E-state index in [1.54, 1.807) is 0 Å². The van der Waals surface area contributed by atoms with Crippen molar-refractivity contribution in [2.45, 2.75) is 25.8 Å². The van der Waals surface area contributed by atoms with E-state index in [9.17, 15) is 0 Å². The van der Waals surface area contributed by atoms with E-state index in [4.69, 9.17) is 14.2 Å². The Morgan fingerprint density at radius 2 is 2.11 bits per heavy atom. The standard InChI is InChI=1S/C14H19NO3/c1-10-6-13-14(18-9-17-13)7-11(10)2-3-12-8-16-5-4-15-12/h6-7,12,15H,2-5,8-9H2,1H3. The molecule has 1 aromatic rings. The Morgan fingerprint density at radius 1 is 1.28 bits per heavy atom. The molecule has 0 spiro atoms. The van der Waals surface area contributed by atoms with Crippen LogP contribution >= 0.6 is 0 Å². The van der Waals surface area contributed by atoms with E-state index in [0.29, 0.717) is 12.8 Å². The van der Waals surface area contributed by atoms with Crippen LogP contribution in [0.15, 0.2) is 12.1 Å². The highest BCUT2D eigenvalue weighted by molar-refractivity contribution is 5.48. The van der Waals surface area contributed by atoms with Crippen LogP contribution in [-0.2, 0) is 11.2 Å². The maximum absolute atomic E-state index is 5.47. The lowest BCUT2D eigenvalue weighted by Crippen LogP contribution is -2.41. The Morgan fingerprint density at radius 3 is 2.89 bits per heavy atom. The molecule has 1 fully saturated rings. The fraction of sp³-hybridized carbons (Fsp3) is 0.571. The summed E-state index contributed by atoms with van der Waals surface area (Å²) >= 11 is 0. The summed E-state index contributed by atoms with van der Waals surface area (Å²) in [5.74, 6) is 1.75. The minimum atomic E-state index is 0.343. The van der Waals surface area contributed by atoms with Crippen molar-refractivity contribution < 1.29 is 14.2 Å². The molecule has 4 nitrogen and oxygen atoms in total. The van der Waals surface area contributed by atoms with Gasteiger partial charge in [-0.25, -0.2) is 0 Å². The number of benzene rings is 1. The van der Waals surface area contributed by atoms with Gasteiger partial charge in [-0.2, -0.15) is 0 Å². The van der Waals surface area contributed by atoms with Crippen molar-refractivity contribution in [2.24, 2.45) is 0 Å². The van der Waals surface area contributed by atoms with Crippen LogP contribution in [0, 0.1) is 6.92 Å². The molecule has 1 saturated heterocycles. The van der Waals surface area contributed by atoms with Crippen LogP contribution in [0.25, 0.3) is 0 Å². The molecule has 2 heterocycles. The molecule has 0 aliphatic carbocycles. The number of nitrogens with one attached hydrogen (secondary N) is 1. The number of hydrogen-bond acceptors (Lipinski definition) is 4. The first-order chi connectivity index (χ1) is 8.83. The lowest BCUT2D eigenvalue weighted by Gasteiger charge is -2.24. The zero-order valence-corrected chi connectivity index (χ0v) is 10.7. The van der Waals surface area contributed by atoms with E-state index in [1.807, 2.05) is 0 Å². The molecule has 1 aromatic carbocycles. The predicted octanol–water partition coefficient (Wildman–Crippen LogP) is 1.64. The SMILES string of the molecule is Cc1cc2c(cc1CCC1COCCN1)OCO2. The average molecular weight is 249 g/mol. The highest BCUT2D eigenvalue weighted by Gasteiger charge is 2.17. The Labute approximate surface area is 107 Å². The van der Waals surface area contributed by atoms with Crippen molar-refractivity contribution in [3.8, 4) is 11.5 Å². The lowest BCUT2D eigenvalue weighted by molar-refractivity contribution is 0.0743. The molecule has 0 aromatic heterocycles. The third-order valence-electron chi connectivity index (χ3n) is 3.59. The Kier molecular flexibility index (Phi) is 3.39. The van der Waals surface area contributed by atoms with Crippen LogP contribution in [0.4, 0.5) is 0 Å². The minimum absolute atomic E-state index is 0.343. The Hall–Kier alpha value is -1.26. The molecule has 3 rings (SSSR count). The van der Waals surface area contributed by atoms with Gasteiger partial charge >= 0.3 is 0 Å². The lowest BCUT2D eigenvalue weighted by atomic mass is 10.00. The number of aryl methyl sites for hydroxylation is 2. The van der Waals surface area contributed by atoms with Crippen molar-refractivity contribution in [3.63, 3.8) is 0 Å². The van der Waals surface area contributed by atoms with Gasteiger partial charge in [-0.1, -0.05) is 0 Å². The van der Waals surface area contributed by atoms with Crippen molar-refractivity contribution >= 4 is 0 Å². The maximum Gasteiger partial charge on any atom is 0.231 e. The summed E-state index contributed by atoms with van der Waals surface area (Å²) in [4.78, 5) is 0. The van der Waals surface area contributed by atoms with E-state index < -0.39 is 0 Å². The topological polar surface area (TPSA) is 39.7 Å². The molecule has 98 valence electrons. The third kappa shape index (κ3) is 2.44. The monoisotopic (exact) mass is 249 g/mol. The molecular weight excluding hydrogens is 230 g/mol. The second-order valence-electron chi connectivity index (χ2n) is 4.90. The molecule has 1 N–H and O–H groups in total. The molecule has 0 bridgehead atoms. The average Bonchev–Trinajstić information content (AvgIpc) is 2.84. The highest BCUT2D eigenvalue weighted by Crippen LogP contribution is 2.35. The van der Waals surface area contributed by atoms with Gasteiger partial charge < -0.3 is 19.5 Å². The van der Waals surface area contributed by atoms with Crippen molar-refractivity contribution in [2.75, 3.05) is 26.6 Å². The van der Waals surface area contributed by atoms with Crippen molar-refractivity contribution in [1.82, 2.24) is 5.32 Å². The fourth-order valence-corrected chi connectivity index (χ4v) is 2.49. The second-order valence-corrected chi connectivity index (χ2v) is 4.90. The first-order valence-electron chi connectivity index (χ1n) is 6.53. The highest BCUT2D eigenvalue weighted by atomic mass is 16.7. The molecule has 0 saturated carbocycles. The van der Waals surface area contributed by atoms with Gasteiger partial charge in [-0.3, -0.25) is 0 Å². The molecule has 4 heteroatoms. The van der Waals surface area contributed by atoms with Crippen molar-refractivity contribution in [1.29, 1.82) is 0 Å². The summed E-state index contributed by atoms with van der Waals surface area (Å²) in [7, 11) is 0. The molecule has 2 aliphatic rings. The van der Waals surface area contributed by atoms with E-state index in [2.05, 4.69) is 24.4 Å². The van der Waals surface area contributed by atoms with E-state index in [0.717, 1.165) is 44.1 Å². The van der Waals surface area contributed by atoms with Gasteiger partial charge in [0.05, 0.1) is 13.2 Å². The number of rotatable bonds is 3. The molecule has 0 radical (unpaired) electrons. The van der Waals surface area contributed by atoms with Gasteiger partial charge in [0.1, 0.15) is 0 Å². The quantitative estimate of drug-likeness (QED) is 0.884. The first-order valence-corrected chi connectivity index (χ1v) is 6.53. The molecule has 1 atom stereocenters. The summed E-state index contributed by atoms with van der Waals surface area (Å²) in [5.41, 5.74) is 2.61. The van der Waals surface area contributed by atoms with Crippen LogP contribution in [-0.4, -0.2) is 32.6 Å². The van der Waals surface area contributed by atoms with Crippen LogP contribution in [0.3, 0.4) is 0 Å². The molecule has 18 heavy (non-hydrogen) atoms.